The molecule has 0 atom stereocenters. The topological polar surface area (TPSA) is 363 Å². The summed E-state index contributed by atoms with van der Waals surface area (Å²) in [6, 6.07) is 78.2. The number of nitro groups is 2. The van der Waals surface area contributed by atoms with Crippen molar-refractivity contribution in [2.75, 3.05) is 0 Å². The Balaban J connectivity index is 0.000000192. The fraction of sp³-hybridized carbons (Fsp3) is 0.0141. The molecule has 0 saturated heterocycles. The number of amides is 1. The van der Waals surface area contributed by atoms with Gasteiger partial charge < -0.3 is 29.4 Å². The molecule has 23 nitrogen and oxygen atoms in total. The Morgan fingerprint density at radius 2 is 0.980 bits per heavy atom. The van der Waals surface area contributed by atoms with Crippen LogP contribution >= 0.6 is 52.5 Å². The first-order valence-electron chi connectivity index (χ1n) is 28.4. The molecule has 12 aromatic rings. The first-order valence-corrected chi connectivity index (χ1v) is 34.3. The second-order valence-electron chi connectivity index (χ2n) is 19.4. The maximum Gasteiger partial charge on any atom is 0.226 e. The number of hydrogen-bond donors (Lipinski definition) is 4. The average Bonchev–Trinajstić information content (AvgIpc) is 1.37. The maximum atomic E-state index is 12.2. The number of nitro benzene ring substituents is 2. The minimum atomic E-state index is -4.67. The first kappa shape index (κ1) is 76.8. The third-order valence-corrected chi connectivity index (χ3v) is 19.1. The number of aromatic carboxylic acids is 1. The van der Waals surface area contributed by atoms with E-state index in [-0.39, 0.29) is 32.7 Å². The van der Waals surface area contributed by atoms with Gasteiger partial charge in [-0.1, -0.05) is 165 Å². The smallest absolute Gasteiger partial charge is 0.226 e. The molecule has 1 radical (unpaired) electrons. The summed E-state index contributed by atoms with van der Waals surface area (Å²) in [5.41, 5.74) is 12.9. The zero-order chi connectivity index (χ0) is 71.7. The van der Waals surface area contributed by atoms with E-state index in [1.54, 1.807) is 74.0 Å². The Labute approximate surface area is 591 Å². The summed E-state index contributed by atoms with van der Waals surface area (Å²) in [5, 5.41) is 38.5. The average molecular weight is 1590 g/mol. The van der Waals surface area contributed by atoms with Crippen molar-refractivity contribution in [3.8, 4) is 62.3 Å². The van der Waals surface area contributed by atoms with Crippen LogP contribution in [0.5, 0.6) is 5.75 Å². The molecule has 99 heavy (non-hydrogen) atoms. The molecular formula is C71H54BBr2IN5O18S. The molecule has 0 aliphatic carbocycles. The van der Waals surface area contributed by atoms with Crippen LogP contribution in [0, 0.1) is 23.8 Å². The summed E-state index contributed by atoms with van der Waals surface area (Å²) in [5.74, 6) is 0.268. The normalized spacial score (nSPS) is 10.2. The van der Waals surface area contributed by atoms with Crippen molar-refractivity contribution in [1.29, 1.82) is 0 Å². The van der Waals surface area contributed by atoms with Crippen LogP contribution in [0.15, 0.2) is 302 Å². The van der Waals surface area contributed by atoms with E-state index in [0.29, 0.717) is 37.2 Å². The van der Waals surface area contributed by atoms with Gasteiger partial charge in [-0.25, -0.2) is 14.8 Å². The molecule has 10 aromatic carbocycles. The molecule has 0 bridgehead atoms. The van der Waals surface area contributed by atoms with Crippen LogP contribution in [0.3, 0.4) is 0 Å². The monoisotopic (exact) mass is 1590 g/mol. The third kappa shape index (κ3) is 25.1. The zero-order valence-electron chi connectivity index (χ0n) is 51.5. The number of halogens is 3. The van der Waals surface area contributed by atoms with Gasteiger partial charge in [-0.3, -0.25) is 9.59 Å². The van der Waals surface area contributed by atoms with E-state index in [1.807, 2.05) is 127 Å². The van der Waals surface area contributed by atoms with Crippen LogP contribution in [-0.2, 0) is 22.2 Å². The van der Waals surface area contributed by atoms with Crippen molar-refractivity contribution in [3.63, 3.8) is 0 Å². The van der Waals surface area contributed by atoms with Gasteiger partial charge in [0.05, 0.1) is 5.56 Å². The number of benzene rings is 10. The summed E-state index contributed by atoms with van der Waals surface area (Å²) < 4.78 is 57.1. The summed E-state index contributed by atoms with van der Waals surface area (Å²) in [4.78, 5) is 75.9. The van der Waals surface area contributed by atoms with E-state index in [4.69, 9.17) is 36.8 Å². The van der Waals surface area contributed by atoms with Crippen LogP contribution in [-0.4, -0.2) is 73.3 Å². The number of ketones is 1. The fourth-order valence-electron chi connectivity index (χ4n) is 8.09. The number of carbonyl (C=O) groups is 3. The number of rotatable bonds is 16. The number of carboxylic acid groups (broad SMARTS) is 1. The van der Waals surface area contributed by atoms with E-state index in [9.17, 15) is 46.5 Å². The molecular weight excluding hydrogens is 1540 g/mol. The van der Waals surface area contributed by atoms with Gasteiger partial charge in [-0.2, -0.15) is 9.59 Å². The van der Waals surface area contributed by atoms with E-state index in [0.717, 1.165) is 54.2 Å². The van der Waals surface area contributed by atoms with Gasteiger partial charge in [0.15, 0.2) is 5.78 Å². The van der Waals surface area contributed by atoms with E-state index >= 15 is 0 Å². The summed E-state index contributed by atoms with van der Waals surface area (Å²) >= 11 is 3.16. The molecule has 501 valence electrons. The number of nitrogens with two attached hydrogens (primary N) is 1. The van der Waals surface area contributed by atoms with E-state index in [1.165, 1.54) is 41.5 Å². The fourth-order valence-corrected chi connectivity index (χ4v) is 13.4. The van der Waals surface area contributed by atoms with E-state index in [2.05, 4.69) is 82.9 Å². The predicted octanol–water partition coefficient (Wildman–Crippen LogP) is 16.0. The largest absolute Gasteiger partial charge is 0.444 e. The number of aromatic nitrogens is 2. The van der Waals surface area contributed by atoms with Crippen LogP contribution in [0.2, 0.25) is 0 Å². The number of non-ortho nitro benzene ring substituents is 1. The second-order valence-corrected chi connectivity index (χ2v) is 26.4. The molecule has 0 fully saturated rings. The molecule has 12 rings (SSSR count). The van der Waals surface area contributed by atoms with Gasteiger partial charge in [0, 0.05) is 42.3 Å². The number of carbonyl (C=O) groups excluding carboxylic acids is 4. The van der Waals surface area contributed by atoms with Gasteiger partial charge in [-0.05, 0) is 103 Å². The molecule has 0 unspecified atom stereocenters. The molecule has 1 amide bonds. The Hall–Kier alpha value is -11.2. The van der Waals surface area contributed by atoms with Crippen LogP contribution in [0.1, 0.15) is 38.0 Å². The molecule has 0 saturated carbocycles. The van der Waals surface area contributed by atoms with Gasteiger partial charge in [0.25, 0.3) is 0 Å². The molecule has 28 heteroatoms. The SMILES string of the molecule is Brc1cccc(-c2coc(-c3ccccc3)n2)c1.CC(=O)c1cccc(Br)c1.NC(=O)c1ccccc1.O=C(O)c1cccc(O[B]O)c1.O=C=O.O=[N+]([O-])c1ccc(S(=O)(=O)OI(O)c2ccccc2)c([N+](=O)[O-])c1.c1ccc(-c2cccc(-c3coc(-c4ccccc4)n3)c2)cc1. The Kier molecular flexibility index (Phi) is 30.8. The number of oxazole rings is 2. The number of nitrogens with zero attached hydrogens (tertiary/aromatic N) is 4. The maximum absolute atomic E-state index is 12.2. The minimum Gasteiger partial charge on any atom is -0.444 e. The molecule has 0 aliphatic rings. The Morgan fingerprint density at radius 3 is 1.43 bits per heavy atom. The molecule has 0 spiro atoms. The number of carboxylic acids is 1. The van der Waals surface area contributed by atoms with Crippen molar-refractivity contribution < 1.29 is 71.8 Å². The summed E-state index contributed by atoms with van der Waals surface area (Å²) in [6.07, 6.45) is 3.65. The van der Waals surface area contributed by atoms with E-state index < -0.39 is 62.9 Å². The number of primary amides is 1. The predicted molar refractivity (Wildman–Crippen MR) is 383 cm³/mol. The second kappa shape index (κ2) is 39.7. The Bertz CT molecular complexity index is 4770. The van der Waals surface area contributed by atoms with Gasteiger partial charge >= 0.3 is 163 Å². The van der Waals surface area contributed by atoms with Crippen LogP contribution in [0.4, 0.5) is 11.4 Å². The summed E-state index contributed by atoms with van der Waals surface area (Å²) in [6.45, 7) is 1.56. The quantitative estimate of drug-likeness (QED) is 0.0229. The molecule has 2 heterocycles. The third-order valence-electron chi connectivity index (χ3n) is 12.7. The van der Waals surface area contributed by atoms with Gasteiger partial charge in [-0.15, -0.1) is 0 Å². The molecule has 2 aromatic heterocycles. The number of Topliss-reactive ketones (excluding diaryl/α,β-unsaturated/α-hetero) is 1. The van der Waals surface area contributed by atoms with Crippen LogP contribution in [0.25, 0.3) is 56.6 Å². The van der Waals surface area contributed by atoms with Crippen molar-refractivity contribution in [2.24, 2.45) is 5.73 Å². The molecule has 5 N–H and O–H groups in total. The van der Waals surface area contributed by atoms with Crippen LogP contribution < -0.4 is 10.4 Å². The van der Waals surface area contributed by atoms with Crippen molar-refractivity contribution in [2.45, 2.75) is 11.8 Å². The number of hydrogen-bond acceptors (Lipinski definition) is 19. The van der Waals surface area contributed by atoms with Gasteiger partial charge in [0.2, 0.25) is 17.7 Å². The standard InChI is InChI=1S/C21H15NO.C15H10BrNO.C12H9IN2O8S.C8H7BrO.C7H6BO4.C7H7NO.CO2/c1-3-8-16(9-4-1)18-12-7-13-19(14-18)20-15-23-21(22-20)17-10-5-2-6-11-17;16-13-8-4-7-12(9-13)14-10-18-15(17-14)11-5-2-1-3-6-11;16-13(9-4-2-1-3-5-9)23-24(21,22)12-7-6-10(14(17)18)8-11(12)15(19)20;1-6(10)7-3-2-4-8(9)5-7;9-7(10)5-2-1-3-6(4-5)12-8-11;8-7(9)6-4-2-1-3-5-6;2-1-3/h1-15H;1-10H;1-8,16H;2-5H,1H3;1-4,11H,(H,9,10);1-5H,(H2,8,9);. The first-order chi connectivity index (χ1) is 47.6. The zero-order valence-corrected chi connectivity index (χ0v) is 57.7. The van der Waals surface area contributed by atoms with Crippen molar-refractivity contribution >= 4 is 105 Å². The summed E-state index contributed by atoms with van der Waals surface area (Å²) in [7, 11) is -4.17. The van der Waals surface area contributed by atoms with Crippen molar-refractivity contribution in [1.82, 2.24) is 9.97 Å². The minimum absolute atomic E-state index is 0.0984. The van der Waals surface area contributed by atoms with Crippen molar-refractivity contribution in [3.05, 3.63) is 329 Å². The Morgan fingerprint density at radius 1 is 0.545 bits per heavy atom. The molecule has 0 aliphatic heterocycles. The van der Waals surface area contributed by atoms with Gasteiger partial charge in [0.1, 0.15) is 29.7 Å².